The molecule has 0 amide bonds. The lowest BCUT2D eigenvalue weighted by atomic mass is 10.2. The lowest BCUT2D eigenvalue weighted by Gasteiger charge is -2.15. The number of pyridine rings is 1. The first-order valence-corrected chi connectivity index (χ1v) is 7.59. The van der Waals surface area contributed by atoms with Crippen molar-refractivity contribution in [1.82, 2.24) is 4.98 Å². The van der Waals surface area contributed by atoms with Crippen molar-refractivity contribution in [3.8, 4) is 0 Å². The quantitative estimate of drug-likeness (QED) is 0.891. The number of aryl methyl sites for hydroxylation is 2. The smallest absolute Gasteiger partial charge is 0.129 e. The van der Waals surface area contributed by atoms with Gasteiger partial charge >= 0.3 is 0 Å². The summed E-state index contributed by atoms with van der Waals surface area (Å²) in [7, 11) is 0. The van der Waals surface area contributed by atoms with Crippen LogP contribution in [0.5, 0.6) is 0 Å². The molecule has 0 aliphatic carbocycles. The van der Waals surface area contributed by atoms with Gasteiger partial charge in [0.1, 0.15) is 5.82 Å². The molecule has 2 rings (SSSR count). The fourth-order valence-corrected chi connectivity index (χ4v) is 3.34. The van der Waals surface area contributed by atoms with Crippen LogP contribution in [0.3, 0.4) is 0 Å². The first-order valence-electron chi connectivity index (χ1n) is 5.98. The van der Waals surface area contributed by atoms with Gasteiger partial charge in [-0.25, -0.2) is 4.98 Å². The van der Waals surface area contributed by atoms with Crippen molar-refractivity contribution in [3.63, 3.8) is 0 Å². The van der Waals surface area contributed by atoms with Crippen molar-refractivity contribution in [3.05, 3.63) is 44.2 Å². The third kappa shape index (κ3) is 3.56. The van der Waals surface area contributed by atoms with Crippen molar-refractivity contribution in [2.24, 2.45) is 0 Å². The molecule has 1 atom stereocenters. The van der Waals surface area contributed by atoms with Gasteiger partial charge in [0.2, 0.25) is 0 Å². The third-order valence-corrected chi connectivity index (χ3v) is 4.19. The monoisotopic (exact) mass is 324 g/mol. The van der Waals surface area contributed by atoms with Gasteiger partial charge in [0.05, 0.1) is 0 Å². The molecule has 0 aliphatic rings. The van der Waals surface area contributed by atoms with Crippen LogP contribution in [-0.2, 0) is 6.42 Å². The maximum atomic E-state index is 4.41. The van der Waals surface area contributed by atoms with Crippen LogP contribution >= 0.6 is 27.3 Å². The van der Waals surface area contributed by atoms with Crippen molar-refractivity contribution < 1.29 is 0 Å². The molecular formula is C14H17BrN2S. The average molecular weight is 325 g/mol. The number of rotatable bonds is 4. The summed E-state index contributed by atoms with van der Waals surface area (Å²) in [6, 6.07) is 6.85. The lowest BCUT2D eigenvalue weighted by molar-refractivity contribution is 0.792. The van der Waals surface area contributed by atoms with Gasteiger partial charge in [-0.15, -0.1) is 11.3 Å². The molecule has 0 radical (unpaired) electrons. The topological polar surface area (TPSA) is 24.9 Å². The number of nitrogens with zero attached hydrogens (tertiary/aromatic N) is 1. The first-order chi connectivity index (χ1) is 8.54. The van der Waals surface area contributed by atoms with E-state index in [0.717, 1.165) is 16.7 Å². The Balaban J connectivity index is 2.00. The maximum Gasteiger partial charge on any atom is 0.129 e. The first kappa shape index (κ1) is 13.6. The fraction of sp³-hybridized carbons (Fsp3) is 0.357. The number of halogens is 1. The highest BCUT2D eigenvalue weighted by atomic mass is 79.9. The van der Waals surface area contributed by atoms with E-state index in [1.54, 1.807) is 0 Å². The Morgan fingerprint density at radius 2 is 2.17 bits per heavy atom. The number of thiophene rings is 1. The van der Waals surface area contributed by atoms with E-state index in [9.17, 15) is 0 Å². The molecule has 2 aromatic heterocycles. The van der Waals surface area contributed by atoms with Gasteiger partial charge in [0.25, 0.3) is 0 Å². The predicted octanol–water partition coefficient (Wildman–Crippen LogP) is 4.57. The van der Waals surface area contributed by atoms with Gasteiger partial charge < -0.3 is 5.32 Å². The standard InChI is InChI=1S/C14H17BrN2S/c1-9-6-12(15)8-16-14(9)17-10(2)7-13-5-4-11(3)18-13/h4-6,8,10H,7H2,1-3H3,(H,16,17). The zero-order valence-electron chi connectivity index (χ0n) is 10.8. The Hall–Kier alpha value is -0.870. The van der Waals surface area contributed by atoms with Crippen LogP contribution < -0.4 is 5.32 Å². The van der Waals surface area contributed by atoms with E-state index >= 15 is 0 Å². The molecule has 0 aliphatic heterocycles. The van der Waals surface area contributed by atoms with E-state index in [-0.39, 0.29) is 0 Å². The summed E-state index contributed by atoms with van der Waals surface area (Å²) < 4.78 is 1.02. The second-order valence-corrected chi connectivity index (χ2v) is 6.87. The van der Waals surface area contributed by atoms with Crippen LogP contribution in [-0.4, -0.2) is 11.0 Å². The molecule has 0 fully saturated rings. The molecule has 96 valence electrons. The second kappa shape index (κ2) is 5.85. The number of aromatic nitrogens is 1. The van der Waals surface area contributed by atoms with Gasteiger partial charge in [0, 0.05) is 32.9 Å². The van der Waals surface area contributed by atoms with Crippen LogP contribution in [0.4, 0.5) is 5.82 Å². The van der Waals surface area contributed by atoms with E-state index in [2.05, 4.69) is 65.2 Å². The molecule has 18 heavy (non-hydrogen) atoms. The molecule has 1 unspecified atom stereocenters. The minimum atomic E-state index is 0.385. The van der Waals surface area contributed by atoms with Crippen molar-refractivity contribution in [2.45, 2.75) is 33.2 Å². The number of nitrogens with one attached hydrogen (secondary N) is 1. The Morgan fingerprint density at radius 3 is 2.78 bits per heavy atom. The molecule has 0 aromatic carbocycles. The normalized spacial score (nSPS) is 12.4. The van der Waals surface area contributed by atoms with Crippen LogP contribution in [0.15, 0.2) is 28.9 Å². The Kier molecular flexibility index (Phi) is 4.40. The Bertz CT molecular complexity index is 536. The van der Waals surface area contributed by atoms with Crippen molar-refractivity contribution in [1.29, 1.82) is 0 Å². The summed E-state index contributed by atoms with van der Waals surface area (Å²) in [5, 5.41) is 3.47. The molecule has 2 nitrogen and oxygen atoms in total. The lowest BCUT2D eigenvalue weighted by Crippen LogP contribution is -2.19. The maximum absolute atomic E-state index is 4.41. The van der Waals surface area contributed by atoms with Crippen LogP contribution in [0.1, 0.15) is 22.2 Å². The van der Waals surface area contributed by atoms with Crippen molar-refractivity contribution >= 4 is 33.1 Å². The molecule has 2 heterocycles. The van der Waals surface area contributed by atoms with Gasteiger partial charge in [-0.1, -0.05) is 0 Å². The molecule has 0 saturated heterocycles. The molecule has 0 spiro atoms. The fourth-order valence-electron chi connectivity index (χ4n) is 1.87. The van der Waals surface area contributed by atoms with E-state index in [1.807, 2.05) is 17.5 Å². The van der Waals surface area contributed by atoms with Crippen molar-refractivity contribution in [2.75, 3.05) is 5.32 Å². The molecular weight excluding hydrogens is 308 g/mol. The highest BCUT2D eigenvalue weighted by molar-refractivity contribution is 9.10. The van der Waals surface area contributed by atoms with E-state index in [4.69, 9.17) is 0 Å². The predicted molar refractivity (Wildman–Crippen MR) is 82.5 cm³/mol. The minimum Gasteiger partial charge on any atom is -0.367 e. The van der Waals surface area contributed by atoms with Gasteiger partial charge in [-0.2, -0.15) is 0 Å². The molecule has 0 bridgehead atoms. The van der Waals surface area contributed by atoms with Crippen LogP contribution in [0.25, 0.3) is 0 Å². The minimum absolute atomic E-state index is 0.385. The Morgan fingerprint density at radius 1 is 1.39 bits per heavy atom. The number of anilines is 1. The summed E-state index contributed by atoms with van der Waals surface area (Å²) in [4.78, 5) is 7.20. The second-order valence-electron chi connectivity index (χ2n) is 4.58. The zero-order valence-corrected chi connectivity index (χ0v) is 13.2. The SMILES string of the molecule is Cc1ccc(CC(C)Nc2ncc(Br)cc2C)s1. The highest BCUT2D eigenvalue weighted by Gasteiger charge is 2.08. The summed E-state index contributed by atoms with van der Waals surface area (Å²) in [5.74, 6) is 0.971. The van der Waals surface area contributed by atoms with Gasteiger partial charge in [-0.05, 0) is 60.5 Å². The van der Waals surface area contributed by atoms with E-state index in [0.29, 0.717) is 6.04 Å². The summed E-state index contributed by atoms with van der Waals surface area (Å²) in [5.41, 5.74) is 1.17. The molecule has 0 saturated carbocycles. The molecule has 1 N–H and O–H groups in total. The largest absolute Gasteiger partial charge is 0.367 e. The van der Waals surface area contributed by atoms with E-state index < -0.39 is 0 Å². The van der Waals surface area contributed by atoms with Crippen LogP contribution in [0.2, 0.25) is 0 Å². The molecule has 2 aromatic rings. The average Bonchev–Trinajstić information content (AvgIpc) is 2.68. The van der Waals surface area contributed by atoms with Gasteiger partial charge in [-0.3, -0.25) is 0 Å². The summed E-state index contributed by atoms with van der Waals surface area (Å²) >= 11 is 5.30. The summed E-state index contributed by atoms with van der Waals surface area (Å²) in [6.45, 7) is 6.41. The number of hydrogen-bond acceptors (Lipinski definition) is 3. The number of hydrogen-bond donors (Lipinski definition) is 1. The zero-order chi connectivity index (χ0) is 13.1. The van der Waals surface area contributed by atoms with Gasteiger partial charge in [0.15, 0.2) is 0 Å². The highest BCUT2D eigenvalue weighted by Crippen LogP contribution is 2.20. The Labute approximate surface area is 121 Å². The summed E-state index contributed by atoms with van der Waals surface area (Å²) in [6.07, 6.45) is 2.87. The van der Waals surface area contributed by atoms with Crippen LogP contribution in [0, 0.1) is 13.8 Å². The van der Waals surface area contributed by atoms with E-state index in [1.165, 1.54) is 15.3 Å². The molecule has 4 heteroatoms. The third-order valence-electron chi connectivity index (χ3n) is 2.73.